The first-order valence-corrected chi connectivity index (χ1v) is 7.55. The van der Waals surface area contributed by atoms with E-state index in [4.69, 9.17) is 4.74 Å². The van der Waals surface area contributed by atoms with Gasteiger partial charge in [0.15, 0.2) is 5.78 Å². The van der Waals surface area contributed by atoms with Crippen LogP contribution in [0.5, 0.6) is 0 Å². The molecule has 0 aromatic heterocycles. The lowest BCUT2D eigenvalue weighted by molar-refractivity contribution is -0.137. The fraction of sp³-hybridized carbons (Fsp3) is 0.588. The van der Waals surface area contributed by atoms with E-state index in [2.05, 4.69) is 0 Å². The molecule has 1 aromatic carbocycles. The molecule has 1 aliphatic carbocycles. The Bertz CT molecular complexity index is 505. The van der Waals surface area contributed by atoms with Gasteiger partial charge < -0.3 is 9.64 Å². The number of anilines is 1. The van der Waals surface area contributed by atoms with Gasteiger partial charge in [-0.2, -0.15) is 0 Å². The smallest absolute Gasteiger partial charge is 0.166 e. The third kappa shape index (κ3) is 2.47. The van der Waals surface area contributed by atoms with Crippen LogP contribution in [0.4, 0.5) is 5.69 Å². The maximum absolute atomic E-state index is 12.7. The van der Waals surface area contributed by atoms with Gasteiger partial charge in [-0.05, 0) is 44.2 Å². The average molecular weight is 273 g/mol. The molecule has 108 valence electrons. The molecule has 1 spiro atoms. The largest absolute Gasteiger partial charge is 0.378 e. The number of hydrogen-bond acceptors (Lipinski definition) is 3. The molecular weight excluding hydrogens is 250 g/mol. The molecule has 1 unspecified atom stereocenters. The Morgan fingerprint density at radius 2 is 2.15 bits per heavy atom. The number of ketones is 1. The lowest BCUT2D eigenvalue weighted by Gasteiger charge is -2.46. The number of nitrogens with zero attached hydrogens (tertiary/aromatic N) is 1. The fourth-order valence-electron chi connectivity index (χ4n) is 3.34. The summed E-state index contributed by atoms with van der Waals surface area (Å²) in [6.07, 6.45) is 5.30. The van der Waals surface area contributed by atoms with Crippen molar-refractivity contribution in [3.05, 3.63) is 29.8 Å². The van der Waals surface area contributed by atoms with Crippen LogP contribution >= 0.6 is 0 Å². The second kappa shape index (κ2) is 5.21. The summed E-state index contributed by atoms with van der Waals surface area (Å²) in [6, 6.07) is 7.96. The lowest BCUT2D eigenvalue weighted by atomic mass is 9.70. The van der Waals surface area contributed by atoms with Crippen molar-refractivity contribution in [2.75, 3.05) is 25.6 Å². The van der Waals surface area contributed by atoms with Crippen LogP contribution in [0, 0.1) is 5.92 Å². The van der Waals surface area contributed by atoms with E-state index in [0.717, 1.165) is 43.5 Å². The minimum Gasteiger partial charge on any atom is -0.378 e. The van der Waals surface area contributed by atoms with Crippen LogP contribution in [0.25, 0.3) is 0 Å². The molecule has 0 amide bonds. The van der Waals surface area contributed by atoms with Gasteiger partial charge in [-0.15, -0.1) is 0 Å². The molecule has 0 bridgehead atoms. The van der Waals surface area contributed by atoms with E-state index in [0.29, 0.717) is 5.78 Å². The van der Waals surface area contributed by atoms with Crippen LogP contribution in [-0.2, 0) is 4.74 Å². The first-order valence-electron chi connectivity index (χ1n) is 7.55. The number of rotatable bonds is 3. The summed E-state index contributed by atoms with van der Waals surface area (Å²) in [6.45, 7) is 0.740. The molecule has 3 nitrogen and oxygen atoms in total. The molecule has 1 saturated heterocycles. The molecule has 1 aliphatic heterocycles. The van der Waals surface area contributed by atoms with Crippen LogP contribution < -0.4 is 4.90 Å². The Kier molecular flexibility index (Phi) is 3.55. The minimum absolute atomic E-state index is 0.0394. The highest BCUT2D eigenvalue weighted by Crippen LogP contribution is 2.44. The normalized spacial score (nSPS) is 24.2. The number of Topliss-reactive ketones (excluding diaryl/α,β-unsaturated/α-hetero) is 1. The van der Waals surface area contributed by atoms with Crippen molar-refractivity contribution in [3.63, 3.8) is 0 Å². The van der Waals surface area contributed by atoms with Crippen molar-refractivity contribution < 1.29 is 9.53 Å². The summed E-state index contributed by atoms with van der Waals surface area (Å²) >= 11 is 0. The van der Waals surface area contributed by atoms with Gasteiger partial charge in [-0.25, -0.2) is 0 Å². The maximum atomic E-state index is 12.7. The molecule has 3 rings (SSSR count). The molecule has 1 saturated carbocycles. The molecular formula is C17H23NO2. The van der Waals surface area contributed by atoms with Gasteiger partial charge in [0.25, 0.3) is 0 Å². The van der Waals surface area contributed by atoms with E-state index < -0.39 is 0 Å². The van der Waals surface area contributed by atoms with Gasteiger partial charge in [0.05, 0.1) is 5.60 Å². The highest BCUT2D eigenvalue weighted by Gasteiger charge is 2.44. The quantitative estimate of drug-likeness (QED) is 0.792. The molecule has 0 radical (unpaired) electrons. The van der Waals surface area contributed by atoms with E-state index in [9.17, 15) is 4.79 Å². The summed E-state index contributed by atoms with van der Waals surface area (Å²) in [5.74, 6) is 0.435. The Morgan fingerprint density at radius 1 is 1.35 bits per heavy atom. The van der Waals surface area contributed by atoms with Crippen molar-refractivity contribution in [2.24, 2.45) is 5.92 Å². The number of carbonyl (C=O) groups is 1. The topological polar surface area (TPSA) is 29.5 Å². The predicted molar refractivity (Wildman–Crippen MR) is 80.4 cm³/mol. The zero-order valence-electron chi connectivity index (χ0n) is 12.4. The van der Waals surface area contributed by atoms with Crippen molar-refractivity contribution in [2.45, 2.75) is 37.7 Å². The SMILES string of the molecule is CN(C)c1cccc(C(=O)C2CCOC3(CCC3)C2)c1. The van der Waals surface area contributed by atoms with Crippen LogP contribution in [0.15, 0.2) is 24.3 Å². The highest BCUT2D eigenvalue weighted by atomic mass is 16.5. The van der Waals surface area contributed by atoms with Gasteiger partial charge in [-0.1, -0.05) is 12.1 Å². The Morgan fingerprint density at radius 3 is 2.80 bits per heavy atom. The second-order valence-corrected chi connectivity index (χ2v) is 6.38. The van der Waals surface area contributed by atoms with Gasteiger partial charge >= 0.3 is 0 Å². The highest BCUT2D eigenvalue weighted by molar-refractivity contribution is 5.98. The van der Waals surface area contributed by atoms with Gasteiger partial charge in [0.1, 0.15) is 0 Å². The number of benzene rings is 1. The molecule has 3 heteroatoms. The summed E-state index contributed by atoms with van der Waals surface area (Å²) in [5, 5.41) is 0. The van der Waals surface area contributed by atoms with E-state index >= 15 is 0 Å². The number of carbonyl (C=O) groups excluding carboxylic acids is 1. The van der Waals surface area contributed by atoms with Crippen LogP contribution in [0.3, 0.4) is 0 Å². The van der Waals surface area contributed by atoms with E-state index in [1.54, 1.807) is 0 Å². The van der Waals surface area contributed by atoms with E-state index in [1.165, 1.54) is 6.42 Å². The first-order chi connectivity index (χ1) is 9.60. The maximum Gasteiger partial charge on any atom is 0.166 e. The predicted octanol–water partition coefficient (Wildman–Crippen LogP) is 3.28. The van der Waals surface area contributed by atoms with Crippen molar-refractivity contribution >= 4 is 11.5 Å². The zero-order chi connectivity index (χ0) is 14.2. The summed E-state index contributed by atoms with van der Waals surface area (Å²) < 4.78 is 5.92. The molecule has 1 atom stereocenters. The van der Waals surface area contributed by atoms with Gasteiger partial charge in [0.2, 0.25) is 0 Å². The van der Waals surface area contributed by atoms with Gasteiger partial charge in [0, 0.05) is 37.9 Å². The van der Waals surface area contributed by atoms with Crippen LogP contribution in [-0.4, -0.2) is 32.1 Å². The average Bonchev–Trinajstić information content (AvgIpc) is 2.45. The van der Waals surface area contributed by atoms with Crippen molar-refractivity contribution in [1.29, 1.82) is 0 Å². The van der Waals surface area contributed by atoms with Crippen molar-refractivity contribution in [1.82, 2.24) is 0 Å². The Balaban J connectivity index is 1.76. The molecule has 1 heterocycles. The standard InChI is InChI=1S/C17H23NO2/c1-18(2)15-6-3-5-13(11-15)16(19)14-7-10-20-17(12-14)8-4-9-17/h3,5-6,11,14H,4,7-10,12H2,1-2H3. The second-order valence-electron chi connectivity index (χ2n) is 6.38. The summed E-state index contributed by atoms with van der Waals surface area (Å²) in [5.41, 5.74) is 1.97. The fourth-order valence-corrected chi connectivity index (χ4v) is 3.34. The third-order valence-electron chi connectivity index (χ3n) is 4.78. The molecule has 0 N–H and O–H groups in total. The first kappa shape index (κ1) is 13.6. The monoisotopic (exact) mass is 273 g/mol. The molecule has 1 aromatic rings. The zero-order valence-corrected chi connectivity index (χ0v) is 12.4. The summed E-state index contributed by atoms with van der Waals surface area (Å²) in [4.78, 5) is 14.8. The molecule has 2 aliphatic rings. The van der Waals surface area contributed by atoms with Crippen LogP contribution in [0.2, 0.25) is 0 Å². The lowest BCUT2D eigenvalue weighted by Crippen LogP contribution is -2.47. The van der Waals surface area contributed by atoms with Crippen molar-refractivity contribution in [3.8, 4) is 0 Å². The van der Waals surface area contributed by atoms with Gasteiger partial charge in [-0.3, -0.25) is 4.79 Å². The Hall–Kier alpha value is -1.35. The van der Waals surface area contributed by atoms with E-state index in [1.807, 2.05) is 43.3 Å². The van der Waals surface area contributed by atoms with Crippen LogP contribution in [0.1, 0.15) is 42.5 Å². The minimum atomic E-state index is 0.0394. The Labute approximate surface area is 120 Å². The summed E-state index contributed by atoms with van der Waals surface area (Å²) in [7, 11) is 4.00. The number of ether oxygens (including phenoxy) is 1. The third-order valence-corrected chi connectivity index (χ3v) is 4.78. The number of hydrogen-bond donors (Lipinski definition) is 0. The van der Waals surface area contributed by atoms with E-state index in [-0.39, 0.29) is 11.5 Å². The molecule has 2 fully saturated rings. The molecule has 20 heavy (non-hydrogen) atoms.